The number of methoxy groups -OCH3 is 1. The van der Waals surface area contributed by atoms with Crippen LogP contribution in [0, 0.1) is 0 Å². The SMILES string of the molecule is COc1ccc(C2(N(C)c3cc(C(C)=O)nn3C)CC2)cc1. The number of rotatable bonds is 5. The van der Waals surface area contributed by atoms with E-state index in [1.807, 2.05) is 25.2 Å². The molecule has 0 unspecified atom stereocenters. The fourth-order valence-corrected chi connectivity index (χ4v) is 3.00. The minimum atomic E-state index is -0.00968. The Hall–Kier alpha value is -2.30. The molecular formula is C17H21N3O2. The van der Waals surface area contributed by atoms with Crippen LogP contribution in [0.2, 0.25) is 0 Å². The average molecular weight is 299 g/mol. The van der Waals surface area contributed by atoms with E-state index in [2.05, 4.69) is 29.2 Å². The van der Waals surface area contributed by atoms with Crippen LogP contribution in [0.15, 0.2) is 30.3 Å². The van der Waals surface area contributed by atoms with Gasteiger partial charge >= 0.3 is 0 Å². The van der Waals surface area contributed by atoms with Crippen molar-refractivity contribution in [3.63, 3.8) is 0 Å². The molecule has 5 nitrogen and oxygen atoms in total. The van der Waals surface area contributed by atoms with Gasteiger partial charge in [0.2, 0.25) is 0 Å². The van der Waals surface area contributed by atoms with Gasteiger partial charge in [0.05, 0.1) is 12.6 Å². The van der Waals surface area contributed by atoms with Gasteiger partial charge in [-0.1, -0.05) is 12.1 Å². The van der Waals surface area contributed by atoms with E-state index in [0.717, 1.165) is 24.4 Å². The van der Waals surface area contributed by atoms with Gasteiger partial charge in [-0.2, -0.15) is 5.10 Å². The second-order valence-electron chi connectivity index (χ2n) is 5.89. The van der Waals surface area contributed by atoms with Crippen molar-refractivity contribution in [3.8, 4) is 5.75 Å². The zero-order chi connectivity index (χ0) is 15.9. The van der Waals surface area contributed by atoms with Gasteiger partial charge < -0.3 is 9.64 Å². The number of carbonyl (C=O) groups is 1. The largest absolute Gasteiger partial charge is 0.497 e. The first kappa shape index (κ1) is 14.6. The normalized spacial score (nSPS) is 15.5. The Kier molecular flexibility index (Phi) is 3.43. The van der Waals surface area contributed by atoms with Crippen LogP contribution >= 0.6 is 0 Å². The summed E-state index contributed by atoms with van der Waals surface area (Å²) in [6, 6.07) is 10.1. The van der Waals surface area contributed by atoms with E-state index >= 15 is 0 Å². The molecule has 3 rings (SSSR count). The molecule has 1 fully saturated rings. The lowest BCUT2D eigenvalue weighted by Crippen LogP contribution is -2.33. The number of hydrogen-bond donors (Lipinski definition) is 0. The molecule has 0 atom stereocenters. The van der Waals surface area contributed by atoms with Crippen LogP contribution in [0.25, 0.3) is 0 Å². The first-order valence-corrected chi connectivity index (χ1v) is 7.41. The Morgan fingerprint density at radius 1 is 1.32 bits per heavy atom. The molecule has 5 heteroatoms. The molecule has 0 spiro atoms. The van der Waals surface area contributed by atoms with Gasteiger partial charge in [0, 0.05) is 27.1 Å². The second kappa shape index (κ2) is 5.16. The van der Waals surface area contributed by atoms with E-state index in [9.17, 15) is 4.79 Å². The Labute approximate surface area is 130 Å². The molecule has 1 aliphatic carbocycles. The second-order valence-corrected chi connectivity index (χ2v) is 5.89. The first-order chi connectivity index (χ1) is 10.5. The average Bonchev–Trinajstić information content (AvgIpc) is 3.23. The maximum atomic E-state index is 11.5. The maximum Gasteiger partial charge on any atom is 0.180 e. The molecule has 0 amide bonds. The number of ketones is 1. The number of carbonyl (C=O) groups excluding carboxylic acids is 1. The summed E-state index contributed by atoms with van der Waals surface area (Å²) >= 11 is 0. The molecule has 1 aliphatic rings. The highest BCUT2D eigenvalue weighted by Crippen LogP contribution is 2.52. The van der Waals surface area contributed by atoms with Gasteiger partial charge in [-0.15, -0.1) is 0 Å². The molecule has 116 valence electrons. The Morgan fingerprint density at radius 2 is 1.95 bits per heavy atom. The number of anilines is 1. The predicted molar refractivity (Wildman–Crippen MR) is 85.5 cm³/mol. The van der Waals surface area contributed by atoms with E-state index < -0.39 is 0 Å². The van der Waals surface area contributed by atoms with Crippen LogP contribution in [0.5, 0.6) is 5.75 Å². The number of aromatic nitrogens is 2. The number of ether oxygens (including phenoxy) is 1. The van der Waals surface area contributed by atoms with Crippen molar-refractivity contribution in [1.82, 2.24) is 9.78 Å². The predicted octanol–water partition coefficient (Wildman–Crippen LogP) is 2.76. The summed E-state index contributed by atoms with van der Waals surface area (Å²) in [4.78, 5) is 13.8. The maximum absolute atomic E-state index is 11.5. The van der Waals surface area contributed by atoms with Crippen LogP contribution < -0.4 is 9.64 Å². The van der Waals surface area contributed by atoms with Crippen LogP contribution in [-0.4, -0.2) is 29.7 Å². The van der Waals surface area contributed by atoms with Crippen molar-refractivity contribution in [2.45, 2.75) is 25.3 Å². The number of Topliss-reactive ketones (excluding diaryl/α,β-unsaturated/α-hetero) is 1. The Morgan fingerprint density at radius 3 is 2.41 bits per heavy atom. The molecule has 0 N–H and O–H groups in total. The van der Waals surface area contributed by atoms with Gasteiger partial charge in [-0.3, -0.25) is 9.48 Å². The fraction of sp³-hybridized carbons (Fsp3) is 0.412. The summed E-state index contributed by atoms with van der Waals surface area (Å²) in [5, 5.41) is 4.30. The van der Waals surface area contributed by atoms with Crippen molar-refractivity contribution in [3.05, 3.63) is 41.6 Å². The highest BCUT2D eigenvalue weighted by Gasteiger charge is 2.49. The topological polar surface area (TPSA) is 47.4 Å². The summed E-state index contributed by atoms with van der Waals surface area (Å²) in [7, 11) is 5.62. The highest BCUT2D eigenvalue weighted by atomic mass is 16.5. The summed E-state index contributed by atoms with van der Waals surface area (Å²) in [6.45, 7) is 1.54. The molecule has 0 bridgehead atoms. The molecule has 1 aromatic carbocycles. The Balaban J connectivity index is 1.93. The van der Waals surface area contributed by atoms with E-state index in [1.54, 1.807) is 18.7 Å². The molecule has 0 radical (unpaired) electrons. The third-order valence-corrected chi connectivity index (χ3v) is 4.55. The molecule has 1 saturated carbocycles. The van der Waals surface area contributed by atoms with E-state index in [-0.39, 0.29) is 11.3 Å². The lowest BCUT2D eigenvalue weighted by atomic mass is 10.0. The van der Waals surface area contributed by atoms with Gasteiger partial charge in [0.15, 0.2) is 5.78 Å². The number of hydrogen-bond acceptors (Lipinski definition) is 4. The Bertz CT molecular complexity index is 699. The van der Waals surface area contributed by atoms with E-state index in [1.165, 1.54) is 5.56 Å². The van der Waals surface area contributed by atoms with E-state index in [0.29, 0.717) is 5.69 Å². The van der Waals surface area contributed by atoms with Gasteiger partial charge in [-0.05, 0) is 30.5 Å². The quantitative estimate of drug-likeness (QED) is 0.797. The summed E-state index contributed by atoms with van der Waals surface area (Å²) in [6.07, 6.45) is 2.19. The van der Waals surface area contributed by atoms with Gasteiger partial charge in [-0.25, -0.2) is 0 Å². The summed E-state index contributed by atoms with van der Waals surface area (Å²) < 4.78 is 7.01. The fourth-order valence-electron chi connectivity index (χ4n) is 3.00. The molecule has 2 aromatic rings. The van der Waals surface area contributed by atoms with Crippen molar-refractivity contribution >= 4 is 11.6 Å². The lowest BCUT2D eigenvalue weighted by molar-refractivity contribution is 0.101. The van der Waals surface area contributed by atoms with Crippen molar-refractivity contribution in [2.24, 2.45) is 7.05 Å². The molecule has 1 heterocycles. The van der Waals surface area contributed by atoms with Crippen molar-refractivity contribution in [1.29, 1.82) is 0 Å². The monoisotopic (exact) mass is 299 g/mol. The molecule has 22 heavy (non-hydrogen) atoms. The number of nitrogens with zero attached hydrogens (tertiary/aromatic N) is 3. The zero-order valence-electron chi connectivity index (χ0n) is 13.5. The van der Waals surface area contributed by atoms with Gasteiger partial charge in [0.25, 0.3) is 0 Å². The standard InChI is InChI=1S/C17H21N3O2/c1-12(21)15-11-16(20(3)18-15)19(2)17(9-10-17)13-5-7-14(22-4)8-6-13/h5-8,11H,9-10H2,1-4H3. The molecule has 0 aliphatic heterocycles. The first-order valence-electron chi connectivity index (χ1n) is 7.41. The van der Waals surface area contributed by atoms with Crippen LogP contribution in [0.1, 0.15) is 35.8 Å². The third-order valence-electron chi connectivity index (χ3n) is 4.55. The molecular weight excluding hydrogens is 278 g/mol. The van der Waals surface area contributed by atoms with Crippen LogP contribution in [-0.2, 0) is 12.6 Å². The minimum Gasteiger partial charge on any atom is -0.497 e. The molecule has 1 aromatic heterocycles. The van der Waals surface area contributed by atoms with E-state index in [4.69, 9.17) is 4.74 Å². The molecule has 0 saturated heterocycles. The van der Waals surface area contributed by atoms with Crippen molar-refractivity contribution in [2.75, 3.05) is 19.1 Å². The highest BCUT2D eigenvalue weighted by molar-refractivity contribution is 5.93. The van der Waals surface area contributed by atoms with Crippen molar-refractivity contribution < 1.29 is 9.53 Å². The third kappa shape index (κ3) is 2.26. The lowest BCUT2D eigenvalue weighted by Gasteiger charge is -2.30. The van der Waals surface area contributed by atoms with Crippen LogP contribution in [0.3, 0.4) is 0 Å². The number of aryl methyl sites for hydroxylation is 1. The van der Waals surface area contributed by atoms with Crippen LogP contribution in [0.4, 0.5) is 5.82 Å². The summed E-state index contributed by atoms with van der Waals surface area (Å²) in [5.74, 6) is 1.81. The number of benzene rings is 1. The van der Waals surface area contributed by atoms with Gasteiger partial charge in [0.1, 0.15) is 17.3 Å². The summed E-state index contributed by atoms with van der Waals surface area (Å²) in [5.41, 5.74) is 1.77. The zero-order valence-corrected chi connectivity index (χ0v) is 13.5. The minimum absolute atomic E-state index is 0.00583. The smallest absolute Gasteiger partial charge is 0.180 e.